The van der Waals surface area contributed by atoms with Crippen molar-refractivity contribution in [2.24, 2.45) is 5.92 Å². The molecule has 0 aliphatic carbocycles. The zero-order valence-electron chi connectivity index (χ0n) is 8.79. The van der Waals surface area contributed by atoms with Gasteiger partial charge in [-0.1, -0.05) is 6.92 Å². The maximum atomic E-state index is 11.7. The normalized spacial score (nSPS) is 19.6. The van der Waals surface area contributed by atoms with Crippen molar-refractivity contribution in [3.8, 4) is 0 Å². The van der Waals surface area contributed by atoms with Gasteiger partial charge in [-0.05, 0) is 18.8 Å². The lowest BCUT2D eigenvalue weighted by Gasteiger charge is -2.30. The second-order valence-corrected chi connectivity index (χ2v) is 4.27. The summed E-state index contributed by atoms with van der Waals surface area (Å²) in [6, 6.07) is 0. The SMILES string of the molecule is CN/C=C(\S)C(=O)N1CCC(C)CC1. The fourth-order valence-corrected chi connectivity index (χ4v) is 1.84. The van der Waals surface area contributed by atoms with E-state index in [1.807, 2.05) is 4.90 Å². The predicted molar refractivity (Wildman–Crippen MR) is 61.1 cm³/mol. The largest absolute Gasteiger partial charge is 0.393 e. The Morgan fingerprint density at radius 3 is 2.57 bits per heavy atom. The van der Waals surface area contributed by atoms with Crippen LogP contribution < -0.4 is 5.32 Å². The van der Waals surface area contributed by atoms with Crippen LogP contribution in [0.1, 0.15) is 19.8 Å². The fraction of sp³-hybridized carbons (Fsp3) is 0.700. The summed E-state index contributed by atoms with van der Waals surface area (Å²) in [7, 11) is 1.77. The van der Waals surface area contributed by atoms with E-state index in [0.717, 1.165) is 31.8 Å². The number of rotatable bonds is 2. The Morgan fingerprint density at radius 2 is 2.07 bits per heavy atom. The number of hydrogen-bond donors (Lipinski definition) is 2. The van der Waals surface area contributed by atoms with Gasteiger partial charge in [0.1, 0.15) is 0 Å². The third-order valence-electron chi connectivity index (χ3n) is 2.57. The molecule has 0 unspecified atom stereocenters. The number of carbonyl (C=O) groups excluding carboxylic acids is 1. The van der Waals surface area contributed by atoms with Crippen LogP contribution in [0.5, 0.6) is 0 Å². The van der Waals surface area contributed by atoms with Crippen molar-refractivity contribution in [1.29, 1.82) is 0 Å². The van der Waals surface area contributed by atoms with Gasteiger partial charge in [0.2, 0.25) is 0 Å². The van der Waals surface area contributed by atoms with Crippen molar-refractivity contribution in [2.75, 3.05) is 20.1 Å². The predicted octanol–water partition coefficient (Wildman–Crippen LogP) is 1.24. The van der Waals surface area contributed by atoms with E-state index in [1.165, 1.54) is 0 Å². The molecule has 0 saturated carbocycles. The van der Waals surface area contributed by atoms with Gasteiger partial charge >= 0.3 is 0 Å². The average molecular weight is 214 g/mol. The molecule has 1 saturated heterocycles. The van der Waals surface area contributed by atoms with Crippen LogP contribution in [0.3, 0.4) is 0 Å². The molecule has 1 aliphatic rings. The van der Waals surface area contributed by atoms with Crippen LogP contribution in [0.25, 0.3) is 0 Å². The van der Waals surface area contributed by atoms with Crippen molar-refractivity contribution in [2.45, 2.75) is 19.8 Å². The van der Waals surface area contributed by atoms with Crippen LogP contribution in [0.4, 0.5) is 0 Å². The summed E-state index contributed by atoms with van der Waals surface area (Å²) >= 11 is 4.15. The van der Waals surface area contributed by atoms with Gasteiger partial charge in [0, 0.05) is 26.3 Å². The minimum Gasteiger partial charge on any atom is -0.393 e. The molecule has 0 radical (unpaired) electrons. The van der Waals surface area contributed by atoms with Crippen molar-refractivity contribution in [3.05, 3.63) is 11.1 Å². The monoisotopic (exact) mass is 214 g/mol. The van der Waals surface area contributed by atoms with Gasteiger partial charge in [0.15, 0.2) is 0 Å². The summed E-state index contributed by atoms with van der Waals surface area (Å²) in [6.07, 6.45) is 3.84. The summed E-state index contributed by atoms with van der Waals surface area (Å²) < 4.78 is 0. The first kappa shape index (κ1) is 11.4. The quantitative estimate of drug-likeness (QED) is 0.535. The molecule has 80 valence electrons. The van der Waals surface area contributed by atoms with Crippen LogP contribution in [0.2, 0.25) is 0 Å². The minimum absolute atomic E-state index is 0.0367. The molecule has 1 N–H and O–H groups in total. The zero-order chi connectivity index (χ0) is 10.6. The maximum absolute atomic E-state index is 11.7. The number of nitrogens with one attached hydrogen (secondary N) is 1. The van der Waals surface area contributed by atoms with Gasteiger partial charge < -0.3 is 10.2 Å². The van der Waals surface area contributed by atoms with E-state index in [-0.39, 0.29) is 5.91 Å². The van der Waals surface area contributed by atoms with E-state index < -0.39 is 0 Å². The number of piperidine rings is 1. The summed E-state index contributed by atoms with van der Waals surface area (Å²) in [5.41, 5.74) is 0. The Kier molecular flexibility index (Phi) is 4.32. The van der Waals surface area contributed by atoms with Crippen molar-refractivity contribution >= 4 is 18.5 Å². The maximum Gasteiger partial charge on any atom is 0.261 e. The molecule has 3 nitrogen and oxygen atoms in total. The highest BCUT2D eigenvalue weighted by molar-refractivity contribution is 7.85. The van der Waals surface area contributed by atoms with E-state index >= 15 is 0 Å². The smallest absolute Gasteiger partial charge is 0.261 e. The molecule has 1 amide bonds. The van der Waals surface area contributed by atoms with E-state index in [4.69, 9.17) is 0 Å². The van der Waals surface area contributed by atoms with Gasteiger partial charge in [-0.2, -0.15) is 0 Å². The third-order valence-corrected chi connectivity index (χ3v) is 2.89. The summed E-state index contributed by atoms with van der Waals surface area (Å²) in [6.45, 7) is 3.95. The van der Waals surface area contributed by atoms with E-state index in [1.54, 1.807) is 13.2 Å². The van der Waals surface area contributed by atoms with Crippen LogP contribution in [0.15, 0.2) is 11.1 Å². The molecule has 14 heavy (non-hydrogen) atoms. The van der Waals surface area contributed by atoms with Crippen LogP contribution in [0, 0.1) is 5.92 Å². The third kappa shape index (κ3) is 2.94. The molecule has 0 aromatic heterocycles. The van der Waals surface area contributed by atoms with Crippen LogP contribution in [-0.2, 0) is 4.79 Å². The molecule has 1 heterocycles. The average Bonchev–Trinajstić information content (AvgIpc) is 2.18. The highest BCUT2D eigenvalue weighted by atomic mass is 32.1. The van der Waals surface area contributed by atoms with Crippen LogP contribution in [-0.4, -0.2) is 30.9 Å². The summed E-state index contributed by atoms with van der Waals surface area (Å²) in [4.78, 5) is 14.1. The lowest BCUT2D eigenvalue weighted by molar-refractivity contribution is -0.127. The molecule has 1 rings (SSSR count). The van der Waals surface area contributed by atoms with Gasteiger partial charge in [-0.15, -0.1) is 12.6 Å². The molecule has 0 spiro atoms. The standard InChI is InChI=1S/C10H18N2OS/c1-8-3-5-12(6-4-8)10(13)9(14)7-11-2/h7-8,11,14H,3-6H2,1-2H3/b9-7-. The Hall–Kier alpha value is -0.640. The van der Waals surface area contributed by atoms with Gasteiger partial charge in [0.05, 0.1) is 4.91 Å². The van der Waals surface area contributed by atoms with Crippen molar-refractivity contribution < 1.29 is 4.79 Å². The number of thiol groups is 1. The Balaban J connectivity index is 2.49. The highest BCUT2D eigenvalue weighted by Crippen LogP contribution is 2.18. The first-order chi connectivity index (χ1) is 6.65. The number of amides is 1. The Bertz CT molecular complexity index is 232. The van der Waals surface area contributed by atoms with Gasteiger partial charge in [-0.3, -0.25) is 4.79 Å². The summed E-state index contributed by atoms with van der Waals surface area (Å²) in [5.74, 6) is 0.783. The first-order valence-corrected chi connectivity index (χ1v) is 5.45. The molecule has 1 aliphatic heterocycles. The number of hydrogen-bond acceptors (Lipinski definition) is 3. The molecule has 1 fully saturated rings. The first-order valence-electron chi connectivity index (χ1n) is 5.00. The minimum atomic E-state index is 0.0367. The number of likely N-dealkylation sites (tertiary alicyclic amines) is 1. The van der Waals surface area contributed by atoms with E-state index in [9.17, 15) is 4.79 Å². The molecule has 0 atom stereocenters. The number of nitrogens with zero attached hydrogens (tertiary/aromatic N) is 1. The molecular weight excluding hydrogens is 196 g/mol. The zero-order valence-corrected chi connectivity index (χ0v) is 9.68. The van der Waals surface area contributed by atoms with E-state index in [0.29, 0.717) is 4.91 Å². The van der Waals surface area contributed by atoms with Gasteiger partial charge in [-0.25, -0.2) is 0 Å². The topological polar surface area (TPSA) is 32.3 Å². The second kappa shape index (κ2) is 5.29. The molecular formula is C10H18N2OS. The summed E-state index contributed by atoms with van der Waals surface area (Å²) in [5, 5.41) is 2.81. The molecule has 0 aromatic rings. The van der Waals surface area contributed by atoms with Crippen molar-refractivity contribution in [3.63, 3.8) is 0 Å². The highest BCUT2D eigenvalue weighted by Gasteiger charge is 2.21. The molecule has 0 bridgehead atoms. The number of carbonyl (C=O) groups is 1. The second-order valence-electron chi connectivity index (χ2n) is 3.79. The van der Waals surface area contributed by atoms with Crippen LogP contribution >= 0.6 is 12.6 Å². The fourth-order valence-electron chi connectivity index (χ4n) is 1.57. The molecule has 0 aromatic carbocycles. The van der Waals surface area contributed by atoms with E-state index in [2.05, 4.69) is 24.9 Å². The van der Waals surface area contributed by atoms with Crippen molar-refractivity contribution in [1.82, 2.24) is 10.2 Å². The van der Waals surface area contributed by atoms with Gasteiger partial charge in [0.25, 0.3) is 5.91 Å². The Morgan fingerprint density at radius 1 is 1.50 bits per heavy atom. The lowest BCUT2D eigenvalue weighted by Crippen LogP contribution is -2.38. The molecule has 4 heteroatoms. The Labute approximate surface area is 91.0 Å². The lowest BCUT2D eigenvalue weighted by atomic mass is 9.99.